The summed E-state index contributed by atoms with van der Waals surface area (Å²) in [5, 5.41) is 0. The number of fused-ring (bicyclic) bond motifs is 1. The van der Waals surface area contributed by atoms with Crippen LogP contribution in [0.5, 0.6) is 0 Å². The van der Waals surface area contributed by atoms with Gasteiger partial charge in [0.05, 0.1) is 11.0 Å². The van der Waals surface area contributed by atoms with Crippen molar-refractivity contribution < 1.29 is 4.79 Å². The number of halogens is 1. The first-order chi connectivity index (χ1) is 7.50. The van der Waals surface area contributed by atoms with Crippen molar-refractivity contribution in [1.29, 1.82) is 0 Å². The van der Waals surface area contributed by atoms with Gasteiger partial charge >= 0.3 is 5.69 Å². The number of allylic oxidation sites excluding steroid dienone is 1. The minimum atomic E-state index is -0.426. The van der Waals surface area contributed by atoms with Crippen molar-refractivity contribution >= 4 is 39.5 Å². The van der Waals surface area contributed by atoms with E-state index in [-0.39, 0.29) is 5.91 Å². The molecule has 0 aliphatic heterocycles. The number of H-pyrrole nitrogens is 1. The summed E-state index contributed by atoms with van der Waals surface area (Å²) < 4.78 is 2.08. The van der Waals surface area contributed by atoms with Crippen LogP contribution in [0.1, 0.15) is 11.7 Å². The molecular weight excluding hydrogens is 319 g/mol. The zero-order chi connectivity index (χ0) is 11.9. The number of nitrogens with one attached hydrogen (secondary N) is 1. The van der Waals surface area contributed by atoms with Crippen LogP contribution in [0.3, 0.4) is 0 Å². The number of carbonyl (C=O) groups is 1. The number of carbonyl (C=O) groups excluding carboxylic acids is 1. The number of imidazole rings is 1. The number of hydrogen-bond acceptors (Lipinski definition) is 2. The van der Waals surface area contributed by atoms with E-state index in [0.29, 0.717) is 16.6 Å². The average molecular weight is 328 g/mol. The molecule has 0 aliphatic rings. The Bertz CT molecular complexity index is 652. The normalized spacial score (nSPS) is 10.6. The summed E-state index contributed by atoms with van der Waals surface area (Å²) in [4.78, 5) is 26.1. The molecule has 82 valence electrons. The lowest BCUT2D eigenvalue weighted by Crippen LogP contribution is -2.24. The highest BCUT2D eigenvalue weighted by Crippen LogP contribution is 2.15. The van der Waals surface area contributed by atoms with E-state index < -0.39 is 5.69 Å². The highest BCUT2D eigenvalue weighted by molar-refractivity contribution is 14.1. The molecule has 2 aromatic rings. The Hall–Kier alpha value is -1.37. The second-order valence-corrected chi connectivity index (χ2v) is 4.76. The molecule has 0 unspecified atom stereocenters. The largest absolute Gasteiger partial charge is 0.333 e. The predicted octanol–water partition coefficient (Wildman–Crippen LogP) is 2.15. The average Bonchev–Trinajstić information content (AvgIpc) is 2.52. The van der Waals surface area contributed by atoms with Crippen LogP contribution in [0.25, 0.3) is 11.0 Å². The van der Waals surface area contributed by atoms with Crippen LogP contribution in [0.2, 0.25) is 0 Å². The lowest BCUT2D eigenvalue weighted by molar-refractivity contribution is 0.0956. The number of hydrogen-bond donors (Lipinski definition) is 1. The Balaban J connectivity index is 2.82. The van der Waals surface area contributed by atoms with Crippen LogP contribution in [0.15, 0.2) is 35.1 Å². The lowest BCUT2D eigenvalue weighted by Gasteiger charge is -2.00. The van der Waals surface area contributed by atoms with E-state index >= 15 is 0 Å². The van der Waals surface area contributed by atoms with E-state index in [1.165, 1.54) is 0 Å². The van der Waals surface area contributed by atoms with Gasteiger partial charge in [-0.3, -0.25) is 4.79 Å². The van der Waals surface area contributed by atoms with Crippen molar-refractivity contribution in [1.82, 2.24) is 9.55 Å². The van der Waals surface area contributed by atoms with Crippen LogP contribution in [0.4, 0.5) is 0 Å². The third kappa shape index (κ3) is 1.71. The van der Waals surface area contributed by atoms with E-state index in [2.05, 4.69) is 34.2 Å². The molecule has 0 spiro atoms. The number of aromatic nitrogens is 2. The molecule has 1 aromatic heterocycles. The Morgan fingerprint density at radius 1 is 1.50 bits per heavy atom. The van der Waals surface area contributed by atoms with Crippen molar-refractivity contribution in [3.63, 3.8) is 0 Å². The number of nitrogens with zero attached hydrogens (tertiary/aromatic N) is 1. The molecule has 0 bridgehead atoms. The molecule has 0 fully saturated rings. The Kier molecular flexibility index (Phi) is 2.71. The summed E-state index contributed by atoms with van der Waals surface area (Å²) in [6.45, 7) is 5.14. The van der Waals surface area contributed by atoms with Crippen LogP contribution in [-0.4, -0.2) is 15.5 Å². The van der Waals surface area contributed by atoms with Gasteiger partial charge in [-0.1, -0.05) is 6.58 Å². The van der Waals surface area contributed by atoms with Crippen molar-refractivity contribution in [3.8, 4) is 0 Å². The quantitative estimate of drug-likeness (QED) is 0.644. The minimum absolute atomic E-state index is 0.335. The molecule has 1 heterocycles. The van der Waals surface area contributed by atoms with Gasteiger partial charge in [0, 0.05) is 9.14 Å². The summed E-state index contributed by atoms with van der Waals surface area (Å²) in [7, 11) is 0. The van der Waals surface area contributed by atoms with Gasteiger partial charge in [-0.15, -0.1) is 0 Å². The molecule has 0 saturated carbocycles. The zero-order valence-corrected chi connectivity index (χ0v) is 10.7. The summed E-state index contributed by atoms with van der Waals surface area (Å²) >= 11 is 2.13. The van der Waals surface area contributed by atoms with Crippen molar-refractivity contribution in [3.05, 3.63) is 44.4 Å². The molecule has 2 rings (SSSR count). The van der Waals surface area contributed by atoms with E-state index in [0.717, 1.165) is 8.14 Å². The fourth-order valence-corrected chi connectivity index (χ4v) is 1.94. The van der Waals surface area contributed by atoms with Gasteiger partial charge in [0.15, 0.2) is 0 Å². The van der Waals surface area contributed by atoms with Gasteiger partial charge < -0.3 is 4.98 Å². The Morgan fingerprint density at radius 2 is 2.19 bits per heavy atom. The molecule has 0 radical (unpaired) electrons. The number of rotatable bonds is 1. The molecule has 5 heteroatoms. The molecule has 4 nitrogen and oxygen atoms in total. The number of aromatic amines is 1. The van der Waals surface area contributed by atoms with Crippen molar-refractivity contribution in [2.75, 3.05) is 0 Å². The highest BCUT2D eigenvalue weighted by atomic mass is 127. The first kappa shape index (κ1) is 11.1. The Morgan fingerprint density at radius 3 is 2.81 bits per heavy atom. The maximum Gasteiger partial charge on any atom is 0.333 e. The fourth-order valence-electron chi connectivity index (χ4n) is 1.47. The van der Waals surface area contributed by atoms with Gasteiger partial charge in [-0.25, -0.2) is 9.36 Å². The monoisotopic (exact) mass is 328 g/mol. The molecule has 0 aliphatic carbocycles. The van der Waals surface area contributed by atoms with Crippen molar-refractivity contribution in [2.24, 2.45) is 0 Å². The summed E-state index contributed by atoms with van der Waals surface area (Å²) in [5.41, 5.74) is 1.15. The summed E-state index contributed by atoms with van der Waals surface area (Å²) in [5.74, 6) is -0.377. The highest BCUT2D eigenvalue weighted by Gasteiger charge is 2.14. The molecule has 1 aromatic carbocycles. The Labute approximate surface area is 105 Å². The summed E-state index contributed by atoms with van der Waals surface area (Å²) in [6, 6.07) is 5.43. The molecular formula is C11H9IN2O2. The zero-order valence-electron chi connectivity index (χ0n) is 8.58. The van der Waals surface area contributed by atoms with Gasteiger partial charge in [0.2, 0.25) is 0 Å². The topological polar surface area (TPSA) is 54.9 Å². The van der Waals surface area contributed by atoms with E-state index in [1.807, 2.05) is 6.07 Å². The first-order valence-electron chi connectivity index (χ1n) is 4.61. The van der Waals surface area contributed by atoms with Crippen LogP contribution in [0, 0.1) is 3.57 Å². The lowest BCUT2D eigenvalue weighted by atomic mass is 10.3. The van der Waals surface area contributed by atoms with Crippen LogP contribution >= 0.6 is 22.6 Å². The van der Waals surface area contributed by atoms with E-state index in [1.54, 1.807) is 19.1 Å². The number of benzene rings is 1. The van der Waals surface area contributed by atoms with Gasteiger partial charge in [0.1, 0.15) is 0 Å². The SMILES string of the molecule is C=C(C)C(=O)n1c(=O)[nH]c2ccc(I)cc21. The van der Waals surface area contributed by atoms with Gasteiger partial charge in [-0.05, 0) is 47.7 Å². The fraction of sp³-hybridized carbons (Fsp3) is 0.0909. The third-order valence-corrected chi connectivity index (χ3v) is 2.88. The maximum atomic E-state index is 11.8. The predicted molar refractivity (Wildman–Crippen MR) is 70.7 cm³/mol. The van der Waals surface area contributed by atoms with Crippen LogP contribution < -0.4 is 5.69 Å². The molecule has 0 saturated heterocycles. The smallest absolute Gasteiger partial charge is 0.305 e. The van der Waals surface area contributed by atoms with E-state index in [9.17, 15) is 9.59 Å². The van der Waals surface area contributed by atoms with Crippen LogP contribution in [-0.2, 0) is 0 Å². The maximum absolute atomic E-state index is 11.8. The summed E-state index contributed by atoms with van der Waals surface area (Å²) in [6.07, 6.45) is 0. The molecule has 1 N–H and O–H groups in total. The molecule has 16 heavy (non-hydrogen) atoms. The third-order valence-electron chi connectivity index (χ3n) is 2.21. The van der Waals surface area contributed by atoms with Gasteiger partial charge in [-0.2, -0.15) is 0 Å². The molecule has 0 atom stereocenters. The minimum Gasteiger partial charge on any atom is -0.305 e. The first-order valence-corrected chi connectivity index (χ1v) is 5.69. The second-order valence-electron chi connectivity index (χ2n) is 3.51. The standard InChI is InChI=1S/C11H9IN2O2/c1-6(2)10(15)14-9-5-7(12)3-4-8(9)13-11(14)16/h3-5H,1H2,2H3,(H,13,16). The van der Waals surface area contributed by atoms with Gasteiger partial charge in [0.25, 0.3) is 5.91 Å². The van der Waals surface area contributed by atoms with Crippen molar-refractivity contribution in [2.45, 2.75) is 6.92 Å². The molecule has 0 amide bonds. The second kappa shape index (κ2) is 3.89. The van der Waals surface area contributed by atoms with E-state index in [4.69, 9.17) is 0 Å².